The molecular weight excluding hydrogens is 357 g/mol. The number of hydrogen-bond acceptors (Lipinski definition) is 2. The molecule has 0 spiro atoms. The average molecular weight is 374 g/mol. The summed E-state index contributed by atoms with van der Waals surface area (Å²) < 4.78 is 39.3. The standard InChI is InChI=1S/C20H17F3N2O2/c1-3-13-11(2)14-9-8-12(10-17(14)25-18(13)26)24-19(27)15-6-4-5-7-16(15)20(21,22)23/h4-10H,3H2,1-2H3,(H,24,27)(H,25,26). The molecule has 0 bridgehead atoms. The van der Waals surface area contributed by atoms with Crippen LogP contribution < -0.4 is 10.9 Å². The van der Waals surface area contributed by atoms with Gasteiger partial charge in [-0.05, 0) is 43.2 Å². The lowest BCUT2D eigenvalue weighted by Crippen LogP contribution is -2.19. The van der Waals surface area contributed by atoms with Crippen LogP contribution >= 0.6 is 0 Å². The van der Waals surface area contributed by atoms with Crippen LogP contribution in [-0.4, -0.2) is 10.9 Å². The predicted octanol–water partition coefficient (Wildman–Crippen LogP) is 4.67. The van der Waals surface area contributed by atoms with Gasteiger partial charge in [0.25, 0.3) is 11.5 Å². The van der Waals surface area contributed by atoms with E-state index in [1.165, 1.54) is 18.2 Å². The Labute approximate surface area is 153 Å². The number of aromatic amines is 1. The van der Waals surface area contributed by atoms with Crippen LogP contribution in [0.4, 0.5) is 18.9 Å². The van der Waals surface area contributed by atoms with Crippen LogP contribution in [-0.2, 0) is 12.6 Å². The Kier molecular flexibility index (Phi) is 4.78. The summed E-state index contributed by atoms with van der Waals surface area (Å²) in [5.41, 5.74) is 0.653. The minimum Gasteiger partial charge on any atom is -0.322 e. The van der Waals surface area contributed by atoms with Gasteiger partial charge in [0.15, 0.2) is 0 Å². The lowest BCUT2D eigenvalue weighted by Gasteiger charge is -2.13. The van der Waals surface area contributed by atoms with Crippen molar-refractivity contribution in [2.24, 2.45) is 0 Å². The van der Waals surface area contributed by atoms with Gasteiger partial charge in [0.1, 0.15) is 0 Å². The average Bonchev–Trinajstić information content (AvgIpc) is 2.61. The van der Waals surface area contributed by atoms with Gasteiger partial charge in [0.2, 0.25) is 0 Å². The van der Waals surface area contributed by atoms with Gasteiger partial charge in [0, 0.05) is 16.6 Å². The Hall–Kier alpha value is -3.09. The van der Waals surface area contributed by atoms with Crippen molar-refractivity contribution in [1.29, 1.82) is 0 Å². The third-order valence-corrected chi connectivity index (χ3v) is 4.49. The third-order valence-electron chi connectivity index (χ3n) is 4.49. The molecule has 140 valence electrons. The number of nitrogens with one attached hydrogen (secondary N) is 2. The predicted molar refractivity (Wildman–Crippen MR) is 98.1 cm³/mol. The number of hydrogen-bond donors (Lipinski definition) is 2. The molecule has 1 aromatic heterocycles. The number of aryl methyl sites for hydroxylation is 1. The van der Waals surface area contributed by atoms with Crippen molar-refractivity contribution >= 4 is 22.5 Å². The second-order valence-corrected chi connectivity index (χ2v) is 6.17. The van der Waals surface area contributed by atoms with Gasteiger partial charge >= 0.3 is 6.18 Å². The number of rotatable bonds is 3. The van der Waals surface area contributed by atoms with Gasteiger partial charge in [0.05, 0.1) is 16.6 Å². The second-order valence-electron chi connectivity index (χ2n) is 6.17. The Morgan fingerprint density at radius 2 is 1.85 bits per heavy atom. The van der Waals surface area contributed by atoms with Gasteiger partial charge in [-0.1, -0.05) is 25.1 Å². The monoisotopic (exact) mass is 374 g/mol. The van der Waals surface area contributed by atoms with E-state index in [0.29, 0.717) is 23.2 Å². The van der Waals surface area contributed by atoms with E-state index >= 15 is 0 Å². The van der Waals surface area contributed by atoms with Crippen LogP contribution in [0.25, 0.3) is 10.9 Å². The Bertz CT molecular complexity index is 1080. The molecule has 0 atom stereocenters. The van der Waals surface area contributed by atoms with Gasteiger partial charge in [-0.15, -0.1) is 0 Å². The van der Waals surface area contributed by atoms with Crippen molar-refractivity contribution in [2.45, 2.75) is 26.4 Å². The van der Waals surface area contributed by atoms with Crippen molar-refractivity contribution in [1.82, 2.24) is 4.98 Å². The Morgan fingerprint density at radius 3 is 2.52 bits per heavy atom. The first-order valence-electron chi connectivity index (χ1n) is 8.35. The quantitative estimate of drug-likeness (QED) is 0.700. The summed E-state index contributed by atoms with van der Waals surface area (Å²) >= 11 is 0. The minimum absolute atomic E-state index is 0.214. The molecule has 1 heterocycles. The van der Waals surface area contributed by atoms with E-state index in [0.717, 1.165) is 23.1 Å². The number of benzene rings is 2. The van der Waals surface area contributed by atoms with Crippen molar-refractivity contribution in [3.8, 4) is 0 Å². The smallest absolute Gasteiger partial charge is 0.322 e. The van der Waals surface area contributed by atoms with Gasteiger partial charge in [-0.25, -0.2) is 0 Å². The fourth-order valence-corrected chi connectivity index (χ4v) is 3.14. The molecule has 0 radical (unpaired) electrons. The number of H-pyrrole nitrogens is 1. The molecule has 0 aliphatic rings. The molecule has 0 aliphatic heterocycles. The van der Waals surface area contributed by atoms with Crippen LogP contribution in [0, 0.1) is 6.92 Å². The number of aromatic nitrogens is 1. The number of carbonyl (C=O) groups excluding carboxylic acids is 1. The summed E-state index contributed by atoms with van der Waals surface area (Å²) in [7, 11) is 0. The summed E-state index contributed by atoms with van der Waals surface area (Å²) in [5.74, 6) is -0.869. The minimum atomic E-state index is -4.63. The first-order chi connectivity index (χ1) is 12.7. The van der Waals surface area contributed by atoms with Crippen LogP contribution in [0.3, 0.4) is 0 Å². The lowest BCUT2D eigenvalue weighted by atomic mass is 10.0. The number of amides is 1. The van der Waals surface area contributed by atoms with Crippen LogP contribution in [0.15, 0.2) is 47.3 Å². The fourth-order valence-electron chi connectivity index (χ4n) is 3.14. The van der Waals surface area contributed by atoms with Crippen molar-refractivity contribution in [2.75, 3.05) is 5.32 Å². The molecule has 0 saturated heterocycles. The highest BCUT2D eigenvalue weighted by atomic mass is 19.4. The molecule has 27 heavy (non-hydrogen) atoms. The number of carbonyl (C=O) groups is 1. The molecule has 2 aromatic carbocycles. The second kappa shape index (κ2) is 6.90. The lowest BCUT2D eigenvalue weighted by molar-refractivity contribution is -0.137. The van der Waals surface area contributed by atoms with Crippen molar-refractivity contribution in [3.05, 3.63) is 75.1 Å². The van der Waals surface area contributed by atoms with Crippen molar-refractivity contribution < 1.29 is 18.0 Å². The van der Waals surface area contributed by atoms with E-state index < -0.39 is 23.2 Å². The van der Waals surface area contributed by atoms with E-state index in [1.807, 2.05) is 13.8 Å². The maximum atomic E-state index is 13.1. The number of fused-ring (bicyclic) bond motifs is 1. The van der Waals surface area contributed by atoms with Gasteiger partial charge in [-0.3, -0.25) is 9.59 Å². The number of halogens is 3. The topological polar surface area (TPSA) is 62.0 Å². The van der Waals surface area contributed by atoms with E-state index in [4.69, 9.17) is 0 Å². The molecule has 0 aliphatic carbocycles. The molecule has 1 amide bonds. The molecule has 0 saturated carbocycles. The summed E-state index contributed by atoms with van der Waals surface area (Å²) in [5, 5.41) is 3.29. The molecule has 7 heteroatoms. The summed E-state index contributed by atoms with van der Waals surface area (Å²) in [6.07, 6.45) is -4.04. The molecular formula is C20H17F3N2O2. The van der Waals surface area contributed by atoms with Gasteiger partial charge in [-0.2, -0.15) is 13.2 Å². The summed E-state index contributed by atoms with van der Waals surface area (Å²) in [6, 6.07) is 9.46. The zero-order chi connectivity index (χ0) is 19.8. The highest BCUT2D eigenvalue weighted by molar-refractivity contribution is 6.06. The Balaban J connectivity index is 1.99. The van der Waals surface area contributed by atoms with Crippen LogP contribution in [0.2, 0.25) is 0 Å². The summed E-state index contributed by atoms with van der Waals surface area (Å²) in [6.45, 7) is 3.73. The third kappa shape index (κ3) is 3.58. The summed E-state index contributed by atoms with van der Waals surface area (Å²) in [4.78, 5) is 27.2. The molecule has 2 N–H and O–H groups in total. The van der Waals surface area contributed by atoms with E-state index in [1.54, 1.807) is 12.1 Å². The van der Waals surface area contributed by atoms with Crippen LogP contribution in [0.1, 0.15) is 34.0 Å². The van der Waals surface area contributed by atoms with Crippen LogP contribution in [0.5, 0.6) is 0 Å². The molecule has 0 unspecified atom stereocenters. The maximum Gasteiger partial charge on any atom is 0.417 e. The molecule has 3 rings (SSSR count). The largest absolute Gasteiger partial charge is 0.417 e. The highest BCUT2D eigenvalue weighted by Gasteiger charge is 2.34. The number of anilines is 1. The highest BCUT2D eigenvalue weighted by Crippen LogP contribution is 2.32. The maximum absolute atomic E-state index is 13.1. The normalized spacial score (nSPS) is 11.6. The number of alkyl halides is 3. The zero-order valence-electron chi connectivity index (χ0n) is 14.7. The van der Waals surface area contributed by atoms with E-state index in [9.17, 15) is 22.8 Å². The zero-order valence-corrected chi connectivity index (χ0v) is 14.7. The van der Waals surface area contributed by atoms with Gasteiger partial charge < -0.3 is 10.3 Å². The first kappa shape index (κ1) is 18.7. The van der Waals surface area contributed by atoms with Crippen molar-refractivity contribution in [3.63, 3.8) is 0 Å². The molecule has 4 nitrogen and oxygen atoms in total. The SMILES string of the molecule is CCc1c(C)c2ccc(NC(=O)c3ccccc3C(F)(F)F)cc2[nH]c1=O. The Morgan fingerprint density at radius 1 is 1.15 bits per heavy atom. The first-order valence-corrected chi connectivity index (χ1v) is 8.35. The fraction of sp³-hybridized carbons (Fsp3) is 0.200. The van der Waals surface area contributed by atoms with E-state index in [-0.39, 0.29) is 5.56 Å². The number of pyridine rings is 1. The van der Waals surface area contributed by atoms with E-state index in [2.05, 4.69) is 10.3 Å². The molecule has 3 aromatic rings. The molecule has 0 fully saturated rings.